The van der Waals surface area contributed by atoms with Gasteiger partial charge in [-0.15, -0.1) is 0 Å². The highest BCUT2D eigenvalue weighted by atomic mass is 16.1. The number of imidazole rings is 1. The van der Waals surface area contributed by atoms with Crippen molar-refractivity contribution in [2.45, 2.75) is 13.0 Å². The summed E-state index contributed by atoms with van der Waals surface area (Å²) in [7, 11) is 1.99. The van der Waals surface area contributed by atoms with Gasteiger partial charge in [0, 0.05) is 37.5 Å². The number of nitrogens with zero attached hydrogens (tertiary/aromatic N) is 3. The van der Waals surface area contributed by atoms with Gasteiger partial charge in [-0.05, 0) is 12.1 Å². The van der Waals surface area contributed by atoms with Crippen molar-refractivity contribution in [2.24, 2.45) is 7.05 Å². The second-order valence-electron chi connectivity index (χ2n) is 4.61. The van der Waals surface area contributed by atoms with Crippen LogP contribution in [0.2, 0.25) is 0 Å². The fraction of sp³-hybridized carbons (Fsp3) is 0.286. The Morgan fingerprint density at radius 2 is 2.17 bits per heavy atom. The van der Waals surface area contributed by atoms with E-state index in [-0.39, 0.29) is 5.78 Å². The van der Waals surface area contributed by atoms with Crippen molar-refractivity contribution in [1.29, 1.82) is 0 Å². The molecule has 2 heterocycles. The van der Waals surface area contributed by atoms with Crippen LogP contribution in [0.3, 0.4) is 0 Å². The van der Waals surface area contributed by atoms with Gasteiger partial charge in [-0.1, -0.05) is 12.1 Å². The molecule has 0 radical (unpaired) electrons. The van der Waals surface area contributed by atoms with Gasteiger partial charge in [0.25, 0.3) is 0 Å². The van der Waals surface area contributed by atoms with Crippen molar-refractivity contribution in [3.8, 4) is 0 Å². The fourth-order valence-corrected chi connectivity index (χ4v) is 2.37. The Kier molecular flexibility index (Phi) is 2.63. The Labute approximate surface area is 106 Å². The molecule has 18 heavy (non-hydrogen) atoms. The first kappa shape index (κ1) is 11.0. The number of Topliss-reactive ketones (excluding diaryl/α,β-unsaturated/α-hetero) is 1. The lowest BCUT2D eigenvalue weighted by Crippen LogP contribution is -2.32. The standard InChI is InChI=1S/C14H15N3O/c1-16-10-15-8-11(16)9-17-7-6-14(18)12-4-2-3-5-13(12)17/h2-5,8,10H,6-7,9H2,1H3. The van der Waals surface area contributed by atoms with E-state index in [0.717, 1.165) is 30.0 Å². The molecule has 3 rings (SSSR count). The van der Waals surface area contributed by atoms with E-state index < -0.39 is 0 Å². The number of ketones is 1. The number of aromatic nitrogens is 2. The molecule has 0 saturated heterocycles. The summed E-state index contributed by atoms with van der Waals surface area (Å²) in [6.45, 7) is 1.57. The summed E-state index contributed by atoms with van der Waals surface area (Å²) in [6.07, 6.45) is 4.27. The number of carbonyl (C=O) groups is 1. The molecule has 1 aliphatic heterocycles. The van der Waals surface area contributed by atoms with Gasteiger partial charge in [0.1, 0.15) is 0 Å². The van der Waals surface area contributed by atoms with Gasteiger partial charge < -0.3 is 9.47 Å². The zero-order valence-electron chi connectivity index (χ0n) is 10.3. The average molecular weight is 241 g/mol. The third-order valence-electron chi connectivity index (χ3n) is 3.42. The molecule has 1 aliphatic rings. The minimum absolute atomic E-state index is 0.242. The monoisotopic (exact) mass is 241 g/mol. The van der Waals surface area contributed by atoms with E-state index in [0.29, 0.717) is 6.42 Å². The van der Waals surface area contributed by atoms with E-state index in [9.17, 15) is 4.79 Å². The summed E-state index contributed by atoms with van der Waals surface area (Å²) in [5, 5.41) is 0. The van der Waals surface area contributed by atoms with Crippen LogP contribution in [0.4, 0.5) is 5.69 Å². The van der Waals surface area contributed by atoms with Crippen LogP contribution in [0.1, 0.15) is 22.5 Å². The predicted octanol–water partition coefficient (Wildman–Crippen LogP) is 2.01. The number of aryl methyl sites for hydroxylation is 1. The molecule has 0 saturated carbocycles. The summed E-state index contributed by atoms with van der Waals surface area (Å²) in [6, 6.07) is 7.83. The highest BCUT2D eigenvalue weighted by Gasteiger charge is 2.22. The minimum Gasteiger partial charge on any atom is -0.365 e. The van der Waals surface area contributed by atoms with E-state index in [1.54, 1.807) is 6.33 Å². The molecular formula is C14H15N3O. The Morgan fingerprint density at radius 1 is 1.33 bits per heavy atom. The number of anilines is 1. The molecule has 0 N–H and O–H groups in total. The van der Waals surface area contributed by atoms with Crippen LogP contribution in [-0.2, 0) is 13.6 Å². The average Bonchev–Trinajstić information content (AvgIpc) is 2.79. The maximum Gasteiger partial charge on any atom is 0.166 e. The Hall–Kier alpha value is -2.10. The van der Waals surface area contributed by atoms with Crippen LogP contribution in [0.5, 0.6) is 0 Å². The molecule has 2 aromatic rings. The second kappa shape index (κ2) is 4.29. The zero-order chi connectivity index (χ0) is 12.5. The summed E-state index contributed by atoms with van der Waals surface area (Å²) in [5.41, 5.74) is 3.03. The van der Waals surface area contributed by atoms with Crippen LogP contribution in [0.25, 0.3) is 0 Å². The molecular weight excluding hydrogens is 226 g/mol. The van der Waals surface area contributed by atoms with Crippen molar-refractivity contribution >= 4 is 11.5 Å². The molecule has 0 fully saturated rings. The van der Waals surface area contributed by atoms with Crippen molar-refractivity contribution < 1.29 is 4.79 Å². The fourth-order valence-electron chi connectivity index (χ4n) is 2.37. The van der Waals surface area contributed by atoms with Crippen LogP contribution < -0.4 is 4.90 Å². The lowest BCUT2D eigenvalue weighted by Gasteiger charge is -2.30. The topological polar surface area (TPSA) is 38.1 Å². The van der Waals surface area contributed by atoms with Crippen LogP contribution in [-0.4, -0.2) is 21.9 Å². The van der Waals surface area contributed by atoms with Gasteiger partial charge in [0.15, 0.2) is 5.78 Å². The quantitative estimate of drug-likeness (QED) is 0.807. The predicted molar refractivity (Wildman–Crippen MR) is 69.6 cm³/mol. The largest absolute Gasteiger partial charge is 0.365 e. The van der Waals surface area contributed by atoms with Crippen LogP contribution in [0.15, 0.2) is 36.8 Å². The SMILES string of the molecule is Cn1cncc1CN1CCC(=O)c2ccccc21. The molecule has 0 amide bonds. The molecule has 0 atom stereocenters. The number of hydrogen-bond donors (Lipinski definition) is 0. The summed E-state index contributed by atoms with van der Waals surface area (Å²) < 4.78 is 2.01. The molecule has 0 spiro atoms. The first-order chi connectivity index (χ1) is 8.75. The molecule has 1 aromatic carbocycles. The number of carbonyl (C=O) groups excluding carboxylic acids is 1. The van der Waals surface area contributed by atoms with Crippen molar-refractivity contribution in [3.05, 3.63) is 48.0 Å². The second-order valence-corrected chi connectivity index (χ2v) is 4.61. The zero-order valence-corrected chi connectivity index (χ0v) is 10.3. The molecule has 92 valence electrons. The normalized spacial score (nSPS) is 14.7. The van der Waals surface area contributed by atoms with E-state index in [1.165, 1.54) is 0 Å². The summed E-state index contributed by atoms with van der Waals surface area (Å²) >= 11 is 0. The maximum absolute atomic E-state index is 11.9. The molecule has 4 heteroatoms. The van der Waals surface area contributed by atoms with Gasteiger partial charge in [-0.25, -0.2) is 4.98 Å². The number of fused-ring (bicyclic) bond motifs is 1. The van der Waals surface area contributed by atoms with Gasteiger partial charge in [0.05, 0.1) is 18.6 Å². The molecule has 1 aromatic heterocycles. The third-order valence-corrected chi connectivity index (χ3v) is 3.42. The van der Waals surface area contributed by atoms with Crippen LogP contribution >= 0.6 is 0 Å². The number of benzene rings is 1. The van der Waals surface area contributed by atoms with Crippen molar-refractivity contribution in [3.63, 3.8) is 0 Å². The van der Waals surface area contributed by atoms with Crippen molar-refractivity contribution in [2.75, 3.05) is 11.4 Å². The first-order valence-corrected chi connectivity index (χ1v) is 6.08. The van der Waals surface area contributed by atoms with Gasteiger partial charge in [-0.3, -0.25) is 4.79 Å². The van der Waals surface area contributed by atoms with E-state index >= 15 is 0 Å². The van der Waals surface area contributed by atoms with E-state index in [4.69, 9.17) is 0 Å². The Bertz CT molecular complexity index is 588. The molecule has 0 bridgehead atoms. The van der Waals surface area contributed by atoms with E-state index in [1.807, 2.05) is 42.1 Å². The highest BCUT2D eigenvalue weighted by molar-refractivity contribution is 6.03. The first-order valence-electron chi connectivity index (χ1n) is 6.08. The van der Waals surface area contributed by atoms with Crippen molar-refractivity contribution in [1.82, 2.24) is 9.55 Å². The lowest BCUT2D eigenvalue weighted by molar-refractivity contribution is 0.0979. The summed E-state index contributed by atoms with van der Waals surface area (Å²) in [5.74, 6) is 0.242. The maximum atomic E-state index is 11.9. The van der Waals surface area contributed by atoms with Crippen LogP contribution in [0, 0.1) is 0 Å². The Morgan fingerprint density at radius 3 is 2.94 bits per heavy atom. The number of hydrogen-bond acceptors (Lipinski definition) is 3. The molecule has 0 aliphatic carbocycles. The molecule has 4 nitrogen and oxygen atoms in total. The van der Waals surface area contributed by atoms with Gasteiger partial charge in [0.2, 0.25) is 0 Å². The lowest BCUT2D eigenvalue weighted by atomic mass is 10.0. The van der Waals surface area contributed by atoms with Gasteiger partial charge >= 0.3 is 0 Å². The number of para-hydroxylation sites is 1. The highest BCUT2D eigenvalue weighted by Crippen LogP contribution is 2.27. The number of rotatable bonds is 2. The third kappa shape index (κ3) is 1.79. The molecule has 0 unspecified atom stereocenters. The summed E-state index contributed by atoms with van der Waals surface area (Å²) in [4.78, 5) is 18.2. The minimum atomic E-state index is 0.242. The smallest absolute Gasteiger partial charge is 0.166 e. The van der Waals surface area contributed by atoms with E-state index in [2.05, 4.69) is 9.88 Å². The van der Waals surface area contributed by atoms with Gasteiger partial charge in [-0.2, -0.15) is 0 Å². The Balaban J connectivity index is 1.93.